The van der Waals surface area contributed by atoms with E-state index >= 15 is 0 Å². The van der Waals surface area contributed by atoms with Gasteiger partial charge in [-0.2, -0.15) is 0 Å². The van der Waals surface area contributed by atoms with Gasteiger partial charge in [-0.1, -0.05) is 33.6 Å². The Morgan fingerprint density at radius 2 is 1.85 bits per heavy atom. The molecule has 1 saturated heterocycles. The van der Waals surface area contributed by atoms with E-state index < -0.39 is 0 Å². The number of aromatic nitrogens is 1. The van der Waals surface area contributed by atoms with E-state index in [0.717, 1.165) is 59.7 Å². The summed E-state index contributed by atoms with van der Waals surface area (Å²) in [6, 6.07) is 15.9. The highest BCUT2D eigenvalue weighted by Gasteiger charge is 2.14. The van der Waals surface area contributed by atoms with E-state index in [-0.39, 0.29) is 0 Å². The number of hydrogen-bond donors (Lipinski definition) is 2. The first kappa shape index (κ1) is 24.0. The first-order valence-corrected chi connectivity index (χ1v) is 12.5. The molecule has 2 aromatic carbocycles. The maximum Gasteiger partial charge on any atom is 0.123 e. The van der Waals surface area contributed by atoms with Crippen LogP contribution in [0.2, 0.25) is 5.02 Å². The van der Waals surface area contributed by atoms with Crippen molar-refractivity contribution in [1.82, 2.24) is 15.6 Å². The van der Waals surface area contributed by atoms with Crippen LogP contribution >= 0.6 is 27.5 Å². The molecule has 1 aromatic heterocycles. The fourth-order valence-electron chi connectivity index (χ4n) is 3.84. The topological polar surface area (TPSA) is 55.4 Å². The van der Waals surface area contributed by atoms with Crippen molar-refractivity contribution >= 4 is 27.5 Å². The second-order valence-electron chi connectivity index (χ2n) is 8.28. The molecular formula is C26H29BrClN3O2. The molecule has 4 rings (SSSR count). The van der Waals surface area contributed by atoms with Gasteiger partial charge in [0.25, 0.3) is 0 Å². The number of ether oxygens (including phenoxy) is 2. The van der Waals surface area contributed by atoms with Crippen LogP contribution in [0, 0.1) is 5.92 Å². The van der Waals surface area contributed by atoms with Crippen LogP contribution < -0.4 is 20.1 Å². The number of halogens is 2. The van der Waals surface area contributed by atoms with E-state index in [1.54, 1.807) is 0 Å². The maximum atomic E-state index is 6.14. The van der Waals surface area contributed by atoms with Gasteiger partial charge in [0, 0.05) is 46.5 Å². The van der Waals surface area contributed by atoms with Crippen LogP contribution in [0.25, 0.3) is 0 Å². The van der Waals surface area contributed by atoms with Crippen molar-refractivity contribution in [2.75, 3.05) is 26.2 Å². The lowest BCUT2D eigenvalue weighted by Crippen LogP contribution is -2.24. The van der Waals surface area contributed by atoms with Crippen LogP contribution in [0.3, 0.4) is 0 Å². The molecule has 2 heterocycles. The molecule has 2 N–H and O–H groups in total. The smallest absolute Gasteiger partial charge is 0.123 e. The van der Waals surface area contributed by atoms with Crippen LogP contribution in [0.15, 0.2) is 65.4 Å². The number of nitrogens with one attached hydrogen (secondary N) is 2. The summed E-state index contributed by atoms with van der Waals surface area (Å²) in [6.45, 7) is 5.03. The van der Waals surface area contributed by atoms with Crippen molar-refractivity contribution in [3.63, 3.8) is 0 Å². The zero-order valence-corrected chi connectivity index (χ0v) is 20.9. The van der Waals surface area contributed by atoms with E-state index in [1.165, 1.54) is 12.0 Å². The SMILES string of the molecule is Clc1ccc(COc2cc(CNCC3CCNC3)cc(OCCc3ccncc3)c2)c(Br)c1. The number of nitrogens with zero attached hydrogens (tertiary/aromatic N) is 1. The third-order valence-corrected chi connectivity index (χ3v) is 6.66. The normalized spacial score (nSPS) is 15.5. The molecule has 0 spiro atoms. The summed E-state index contributed by atoms with van der Waals surface area (Å²) in [6.07, 6.45) is 5.67. The van der Waals surface area contributed by atoms with Gasteiger partial charge in [0.2, 0.25) is 0 Å². The van der Waals surface area contributed by atoms with Gasteiger partial charge >= 0.3 is 0 Å². The van der Waals surface area contributed by atoms with Gasteiger partial charge in [0.1, 0.15) is 18.1 Å². The summed E-state index contributed by atoms with van der Waals surface area (Å²) in [5.74, 6) is 2.30. The molecule has 1 unspecified atom stereocenters. The van der Waals surface area contributed by atoms with Gasteiger partial charge in [-0.3, -0.25) is 4.98 Å². The molecule has 7 heteroatoms. The van der Waals surface area contributed by atoms with Crippen molar-refractivity contribution in [2.24, 2.45) is 5.92 Å². The Bertz CT molecular complexity index is 1030. The lowest BCUT2D eigenvalue weighted by molar-refractivity contribution is 0.295. The highest BCUT2D eigenvalue weighted by Crippen LogP contribution is 2.27. The number of hydrogen-bond acceptors (Lipinski definition) is 5. The van der Waals surface area contributed by atoms with Gasteiger partial charge in [-0.15, -0.1) is 0 Å². The van der Waals surface area contributed by atoms with E-state index in [0.29, 0.717) is 24.2 Å². The van der Waals surface area contributed by atoms with E-state index in [9.17, 15) is 0 Å². The van der Waals surface area contributed by atoms with Gasteiger partial charge in [-0.05, 0) is 79.5 Å². The highest BCUT2D eigenvalue weighted by molar-refractivity contribution is 9.10. The molecule has 0 saturated carbocycles. The molecule has 174 valence electrons. The molecule has 1 aliphatic heterocycles. The highest BCUT2D eigenvalue weighted by atomic mass is 79.9. The number of benzene rings is 2. The van der Waals surface area contributed by atoms with Crippen LogP contribution in [-0.4, -0.2) is 31.2 Å². The minimum absolute atomic E-state index is 0.443. The molecular weight excluding hydrogens is 502 g/mol. The Balaban J connectivity index is 1.40. The first-order chi connectivity index (χ1) is 16.2. The van der Waals surface area contributed by atoms with Crippen LogP contribution in [-0.2, 0) is 19.6 Å². The fraction of sp³-hybridized carbons (Fsp3) is 0.346. The van der Waals surface area contributed by atoms with Gasteiger partial charge in [-0.25, -0.2) is 0 Å². The van der Waals surface area contributed by atoms with Crippen molar-refractivity contribution in [1.29, 1.82) is 0 Å². The molecule has 0 bridgehead atoms. The van der Waals surface area contributed by atoms with Crippen LogP contribution in [0.4, 0.5) is 0 Å². The summed E-state index contributed by atoms with van der Waals surface area (Å²) in [5, 5.41) is 7.70. The molecule has 0 amide bonds. The van der Waals surface area contributed by atoms with Gasteiger partial charge in [0.05, 0.1) is 6.61 Å². The Morgan fingerprint density at radius 3 is 2.61 bits per heavy atom. The summed E-state index contributed by atoms with van der Waals surface area (Å²) in [4.78, 5) is 4.07. The van der Waals surface area contributed by atoms with Crippen molar-refractivity contribution < 1.29 is 9.47 Å². The number of pyridine rings is 1. The molecule has 5 nitrogen and oxygen atoms in total. The van der Waals surface area contributed by atoms with Crippen molar-refractivity contribution in [3.8, 4) is 11.5 Å². The van der Waals surface area contributed by atoms with E-state index in [1.807, 2.05) is 48.8 Å². The summed E-state index contributed by atoms with van der Waals surface area (Å²) < 4.78 is 13.2. The fourth-order valence-corrected chi connectivity index (χ4v) is 4.64. The summed E-state index contributed by atoms with van der Waals surface area (Å²) >= 11 is 9.63. The van der Waals surface area contributed by atoms with E-state index in [4.69, 9.17) is 21.1 Å². The average Bonchev–Trinajstić information content (AvgIpc) is 3.33. The minimum Gasteiger partial charge on any atom is -0.493 e. The van der Waals surface area contributed by atoms with Crippen molar-refractivity contribution in [3.05, 3.63) is 87.1 Å². The Hall–Kier alpha value is -2.12. The Labute approximate surface area is 209 Å². The van der Waals surface area contributed by atoms with Crippen LogP contribution in [0.1, 0.15) is 23.1 Å². The monoisotopic (exact) mass is 529 g/mol. The molecule has 3 aromatic rings. The van der Waals surface area contributed by atoms with Crippen LogP contribution in [0.5, 0.6) is 11.5 Å². The van der Waals surface area contributed by atoms with Crippen molar-refractivity contribution in [2.45, 2.75) is 26.0 Å². The molecule has 33 heavy (non-hydrogen) atoms. The second kappa shape index (κ2) is 12.4. The Kier molecular flexibility index (Phi) is 9.01. The number of rotatable bonds is 11. The largest absolute Gasteiger partial charge is 0.493 e. The van der Waals surface area contributed by atoms with Gasteiger partial charge in [0.15, 0.2) is 0 Å². The van der Waals surface area contributed by atoms with Gasteiger partial charge < -0.3 is 20.1 Å². The lowest BCUT2D eigenvalue weighted by Gasteiger charge is -2.15. The zero-order chi connectivity index (χ0) is 22.9. The summed E-state index contributed by atoms with van der Waals surface area (Å²) in [7, 11) is 0. The molecule has 0 aliphatic carbocycles. The molecule has 1 atom stereocenters. The lowest BCUT2D eigenvalue weighted by atomic mass is 10.1. The predicted octanol–water partition coefficient (Wildman–Crippen LogP) is 5.40. The standard InChI is InChI=1S/C26H29BrClN3O2/c27-26-13-23(28)2-1-22(26)18-33-25-12-21(17-31-16-20-5-9-30-15-20)11-24(14-25)32-10-6-19-3-7-29-8-4-19/h1-4,7-8,11-14,20,30-31H,5-6,9-10,15-18H2. The first-order valence-electron chi connectivity index (χ1n) is 11.3. The maximum absolute atomic E-state index is 6.14. The molecule has 1 fully saturated rings. The van der Waals surface area contributed by atoms with E-state index in [2.05, 4.69) is 43.7 Å². The third-order valence-electron chi connectivity index (χ3n) is 5.68. The Morgan fingerprint density at radius 1 is 1.03 bits per heavy atom. The third kappa shape index (κ3) is 7.71. The quantitative estimate of drug-likeness (QED) is 0.348. The summed E-state index contributed by atoms with van der Waals surface area (Å²) in [5.41, 5.74) is 3.39. The zero-order valence-electron chi connectivity index (χ0n) is 18.5. The molecule has 1 aliphatic rings. The average molecular weight is 531 g/mol. The minimum atomic E-state index is 0.443. The second-order valence-corrected chi connectivity index (χ2v) is 9.57. The predicted molar refractivity (Wildman–Crippen MR) is 136 cm³/mol. The molecule has 0 radical (unpaired) electrons.